The summed E-state index contributed by atoms with van der Waals surface area (Å²) in [5.41, 5.74) is -0.174. The van der Waals surface area contributed by atoms with Gasteiger partial charge in [-0.1, -0.05) is 21.7 Å². The molecule has 0 fully saturated rings. The lowest BCUT2D eigenvalue weighted by molar-refractivity contribution is 0.0999. The average Bonchev–Trinajstić information content (AvgIpc) is 2.29. The van der Waals surface area contributed by atoms with E-state index in [1.165, 1.54) is 18.3 Å². The van der Waals surface area contributed by atoms with Gasteiger partial charge in [-0.2, -0.15) is 8.42 Å². The molecule has 78 valence electrons. The van der Waals surface area contributed by atoms with E-state index in [1.54, 1.807) is 12.1 Å². The number of nitrogens with zero attached hydrogens (tertiary/aromatic N) is 3. The molecule has 15 heavy (non-hydrogen) atoms. The predicted octanol–water partition coefficient (Wildman–Crippen LogP) is 0.132. The SMILES string of the molecule is O=C(N=S(=O)=O)c1ccccc[nH]nn1. The normalized spacial score (nSPS) is 8.80. The molecule has 0 saturated carbocycles. The van der Waals surface area contributed by atoms with Gasteiger partial charge in [-0.15, -0.1) is 5.10 Å². The minimum atomic E-state index is -2.79. The fourth-order valence-corrected chi connectivity index (χ4v) is 0.916. The van der Waals surface area contributed by atoms with E-state index in [2.05, 4.69) is 19.8 Å². The van der Waals surface area contributed by atoms with Crippen LogP contribution in [0.5, 0.6) is 0 Å². The fourth-order valence-electron chi connectivity index (χ4n) is 0.687. The highest BCUT2D eigenvalue weighted by Gasteiger charge is 2.03. The van der Waals surface area contributed by atoms with Gasteiger partial charge in [-0.3, -0.25) is 9.89 Å². The Balaban J connectivity index is 3.23. The van der Waals surface area contributed by atoms with Crippen molar-refractivity contribution in [3.63, 3.8) is 0 Å². The molecule has 0 bridgehead atoms. The quantitative estimate of drug-likeness (QED) is 0.732. The Morgan fingerprint density at radius 1 is 1.33 bits per heavy atom. The number of carbonyl (C=O) groups excluding carboxylic acids is 1. The summed E-state index contributed by atoms with van der Waals surface area (Å²) in [5.74, 6) is -0.972. The molecule has 8 heteroatoms. The van der Waals surface area contributed by atoms with Crippen LogP contribution in [0.15, 0.2) is 34.8 Å². The molecule has 0 aliphatic carbocycles. The zero-order valence-corrected chi connectivity index (χ0v) is 8.18. The number of rotatable bonds is 1. The molecule has 1 amide bonds. The minimum Gasteiger partial charge on any atom is -0.267 e. The highest BCUT2D eigenvalue weighted by atomic mass is 32.2. The highest BCUT2D eigenvalue weighted by molar-refractivity contribution is 7.62. The third-order valence-electron chi connectivity index (χ3n) is 1.24. The third kappa shape index (κ3) is 4.09. The lowest BCUT2D eigenvalue weighted by Crippen LogP contribution is -1.97. The van der Waals surface area contributed by atoms with Gasteiger partial charge in [0.1, 0.15) is 0 Å². The van der Waals surface area contributed by atoms with E-state index >= 15 is 0 Å². The lowest BCUT2D eigenvalue weighted by Gasteiger charge is -1.83. The monoisotopic (exact) mass is 226 g/mol. The van der Waals surface area contributed by atoms with Crippen molar-refractivity contribution in [3.05, 3.63) is 36.2 Å². The van der Waals surface area contributed by atoms with Crippen LogP contribution in [0, 0.1) is 0 Å². The second kappa shape index (κ2) is 5.60. The van der Waals surface area contributed by atoms with Crippen LogP contribution in [-0.4, -0.2) is 29.7 Å². The van der Waals surface area contributed by atoms with E-state index in [-0.39, 0.29) is 5.69 Å². The van der Waals surface area contributed by atoms with Crippen LogP contribution in [-0.2, 0) is 10.5 Å². The van der Waals surface area contributed by atoms with Crippen LogP contribution in [0.4, 0.5) is 0 Å². The molecule has 0 aromatic carbocycles. The fraction of sp³-hybridized carbons (Fsp3) is 0. The maximum absolute atomic E-state index is 11.1. The first-order valence-corrected chi connectivity index (χ1v) is 4.78. The zero-order valence-electron chi connectivity index (χ0n) is 7.36. The van der Waals surface area contributed by atoms with Crippen molar-refractivity contribution in [2.45, 2.75) is 0 Å². The molecule has 1 N–H and O–H groups in total. The van der Waals surface area contributed by atoms with Gasteiger partial charge in [-0.05, 0) is 12.1 Å². The van der Waals surface area contributed by atoms with Crippen LogP contribution >= 0.6 is 0 Å². The summed E-state index contributed by atoms with van der Waals surface area (Å²) >= 11 is 0. The van der Waals surface area contributed by atoms with Crippen molar-refractivity contribution in [2.75, 3.05) is 0 Å². The molecule has 0 saturated heterocycles. The standard InChI is InChI=1S/C7H6N4O3S/c12-7(10-15(13)14)6-4-2-1-3-5-8-11-9-6/h1-5H,(H,8,9). The van der Waals surface area contributed by atoms with Gasteiger partial charge in [0.25, 0.3) is 0 Å². The predicted molar refractivity (Wildman–Crippen MR) is 49.7 cm³/mol. The Bertz CT molecular complexity index is 501. The smallest absolute Gasteiger partial charge is 0.267 e. The summed E-state index contributed by atoms with van der Waals surface area (Å²) < 4.78 is 23.1. The molecule has 0 atom stereocenters. The Hall–Kier alpha value is -2.09. The van der Waals surface area contributed by atoms with Crippen LogP contribution in [0.2, 0.25) is 0 Å². The van der Waals surface area contributed by atoms with Gasteiger partial charge in [0.15, 0.2) is 5.69 Å². The van der Waals surface area contributed by atoms with E-state index in [4.69, 9.17) is 0 Å². The highest BCUT2D eigenvalue weighted by Crippen LogP contribution is 1.91. The molecule has 1 aromatic heterocycles. The lowest BCUT2D eigenvalue weighted by atomic mass is 10.4. The Morgan fingerprint density at radius 3 is 2.87 bits per heavy atom. The molecule has 0 aliphatic heterocycles. The molecule has 7 nitrogen and oxygen atoms in total. The first kappa shape index (κ1) is 11.0. The third-order valence-corrected chi connectivity index (χ3v) is 1.55. The molecular formula is C7H6N4O3S. The van der Waals surface area contributed by atoms with Crippen molar-refractivity contribution in [2.24, 2.45) is 4.36 Å². The second-order valence-corrected chi connectivity index (χ2v) is 2.86. The molecule has 1 aromatic rings. The van der Waals surface area contributed by atoms with Crippen LogP contribution in [0.25, 0.3) is 0 Å². The molecule has 1 heterocycles. The Labute approximate surface area is 86.2 Å². The number of aromatic amines is 1. The van der Waals surface area contributed by atoms with Gasteiger partial charge in [-0.25, -0.2) is 0 Å². The molecule has 0 spiro atoms. The van der Waals surface area contributed by atoms with Gasteiger partial charge in [0.2, 0.25) is 0 Å². The zero-order chi connectivity index (χ0) is 11.1. The van der Waals surface area contributed by atoms with Gasteiger partial charge in [0.05, 0.1) is 0 Å². The summed E-state index contributed by atoms with van der Waals surface area (Å²) in [6.45, 7) is 0. The second-order valence-electron chi connectivity index (χ2n) is 2.24. The average molecular weight is 226 g/mol. The summed E-state index contributed by atoms with van der Waals surface area (Å²) in [4.78, 5) is 11.1. The van der Waals surface area contributed by atoms with Crippen molar-refractivity contribution < 1.29 is 13.2 Å². The van der Waals surface area contributed by atoms with Crippen LogP contribution in [0.1, 0.15) is 10.5 Å². The summed E-state index contributed by atoms with van der Waals surface area (Å²) in [7, 11) is -2.79. The van der Waals surface area contributed by atoms with E-state index < -0.39 is 16.4 Å². The molecule has 1 rings (SSSR count). The number of H-pyrrole nitrogens is 1. The molecule has 0 unspecified atom stereocenters. The number of hydrogen-bond donors (Lipinski definition) is 1. The number of hydrogen-bond acceptors (Lipinski definition) is 5. The minimum absolute atomic E-state index is 0.174. The largest absolute Gasteiger partial charge is 0.319 e. The topological polar surface area (TPSA) is 105 Å². The van der Waals surface area contributed by atoms with E-state index in [0.29, 0.717) is 0 Å². The van der Waals surface area contributed by atoms with Gasteiger partial charge in [0, 0.05) is 6.20 Å². The van der Waals surface area contributed by atoms with Crippen molar-refractivity contribution in [3.8, 4) is 0 Å². The Morgan fingerprint density at radius 2 is 2.13 bits per heavy atom. The van der Waals surface area contributed by atoms with Crippen molar-refractivity contribution in [1.29, 1.82) is 0 Å². The number of carbonyl (C=O) groups is 1. The first-order valence-electron chi connectivity index (χ1n) is 3.75. The van der Waals surface area contributed by atoms with E-state index in [1.807, 2.05) is 0 Å². The Kier molecular flexibility index (Phi) is 4.10. The van der Waals surface area contributed by atoms with Gasteiger partial charge < -0.3 is 0 Å². The molecule has 0 radical (unpaired) electrons. The van der Waals surface area contributed by atoms with E-state index in [0.717, 1.165) is 0 Å². The maximum Gasteiger partial charge on any atom is 0.319 e. The van der Waals surface area contributed by atoms with Gasteiger partial charge >= 0.3 is 16.4 Å². The molecule has 0 aliphatic rings. The molecular weight excluding hydrogens is 220 g/mol. The van der Waals surface area contributed by atoms with Crippen molar-refractivity contribution in [1.82, 2.24) is 15.4 Å². The van der Waals surface area contributed by atoms with E-state index in [9.17, 15) is 13.2 Å². The summed E-state index contributed by atoms with van der Waals surface area (Å²) in [6.07, 6.45) is 1.49. The number of amides is 1. The van der Waals surface area contributed by atoms with Crippen LogP contribution in [0.3, 0.4) is 0 Å². The van der Waals surface area contributed by atoms with Crippen molar-refractivity contribution >= 4 is 16.4 Å². The first-order chi connectivity index (χ1) is 7.20. The number of aromatic nitrogens is 3. The summed E-state index contributed by atoms with van der Waals surface area (Å²) in [5, 5.41) is 9.25. The maximum atomic E-state index is 11.1. The summed E-state index contributed by atoms with van der Waals surface area (Å²) in [6, 6.07) is 6.06. The number of nitrogens with one attached hydrogen (secondary N) is 1. The van der Waals surface area contributed by atoms with Crippen LogP contribution < -0.4 is 0 Å².